The van der Waals surface area contributed by atoms with Crippen molar-refractivity contribution in [2.45, 2.75) is 35.0 Å². The predicted molar refractivity (Wildman–Crippen MR) is 98.8 cm³/mol. The van der Waals surface area contributed by atoms with Gasteiger partial charge < -0.3 is 0 Å². The summed E-state index contributed by atoms with van der Waals surface area (Å²) in [6, 6.07) is 22.0. The van der Waals surface area contributed by atoms with Crippen LogP contribution < -0.4 is 0 Å². The number of fused-ring (bicyclic) bond motifs is 2. The fourth-order valence-corrected chi connectivity index (χ4v) is 6.04. The molecule has 0 bridgehead atoms. The molecule has 0 amide bonds. The Morgan fingerprint density at radius 1 is 0.783 bits per heavy atom. The summed E-state index contributed by atoms with van der Waals surface area (Å²) < 4.78 is 0. The summed E-state index contributed by atoms with van der Waals surface area (Å²) in [4.78, 5) is 4.30. The Hall–Kier alpha value is -1.70. The minimum Gasteiger partial charge on any atom is -0.0843 e. The molecule has 1 unspecified atom stereocenters. The lowest BCUT2D eigenvalue weighted by Gasteiger charge is -2.20. The highest BCUT2D eigenvalue weighted by molar-refractivity contribution is 7.97. The standard InChI is InChI=1S/C21H18ClS/c1-14-7-8-15(2)21(11-14)23-19-6-4-3-5-16(19)12-17-13-18(22)9-10-20(17)23/h3-11,13H,12H2,1-2H3/q+1. The molecular formula is C21H18ClS+. The highest BCUT2D eigenvalue weighted by atomic mass is 35.5. The van der Waals surface area contributed by atoms with Crippen LogP contribution in [0.2, 0.25) is 5.02 Å². The molecule has 1 heterocycles. The SMILES string of the molecule is Cc1ccc(C)c([S+]2c3ccccc3Cc3cc(Cl)ccc32)c1. The molecule has 3 aromatic carbocycles. The largest absolute Gasteiger partial charge is 0.170 e. The van der Waals surface area contributed by atoms with Gasteiger partial charge in [0.2, 0.25) is 0 Å². The molecule has 0 aliphatic carbocycles. The molecule has 0 saturated carbocycles. The Labute approximate surface area is 145 Å². The minimum absolute atomic E-state index is 0.0467. The molecule has 1 atom stereocenters. The molecule has 0 saturated heterocycles. The Morgan fingerprint density at radius 3 is 2.43 bits per heavy atom. The van der Waals surface area contributed by atoms with Crippen LogP contribution in [0, 0.1) is 13.8 Å². The van der Waals surface area contributed by atoms with E-state index in [0.717, 1.165) is 11.4 Å². The lowest BCUT2D eigenvalue weighted by Crippen LogP contribution is -2.16. The van der Waals surface area contributed by atoms with Crippen molar-refractivity contribution in [3.63, 3.8) is 0 Å². The van der Waals surface area contributed by atoms with Gasteiger partial charge in [-0.25, -0.2) is 0 Å². The summed E-state index contributed by atoms with van der Waals surface area (Å²) in [7, 11) is -0.0467. The van der Waals surface area contributed by atoms with Crippen LogP contribution in [0.1, 0.15) is 22.3 Å². The van der Waals surface area contributed by atoms with E-state index in [2.05, 4.69) is 68.4 Å². The Bertz CT molecular complexity index is 898. The maximum absolute atomic E-state index is 6.26. The summed E-state index contributed by atoms with van der Waals surface area (Å²) in [5.41, 5.74) is 5.46. The molecule has 114 valence electrons. The van der Waals surface area contributed by atoms with Crippen LogP contribution in [0.25, 0.3) is 0 Å². The van der Waals surface area contributed by atoms with Gasteiger partial charge >= 0.3 is 0 Å². The van der Waals surface area contributed by atoms with Crippen molar-refractivity contribution in [3.8, 4) is 0 Å². The van der Waals surface area contributed by atoms with Crippen LogP contribution in [0.4, 0.5) is 0 Å². The number of hydrogen-bond donors (Lipinski definition) is 0. The number of aryl methyl sites for hydroxylation is 2. The summed E-state index contributed by atoms with van der Waals surface area (Å²) in [5, 5.41) is 0.827. The van der Waals surface area contributed by atoms with E-state index in [0.29, 0.717) is 0 Å². The lowest BCUT2D eigenvalue weighted by molar-refractivity contribution is 1.03. The van der Waals surface area contributed by atoms with Gasteiger partial charge in [0.05, 0.1) is 0 Å². The quantitative estimate of drug-likeness (QED) is 0.376. The van der Waals surface area contributed by atoms with Crippen LogP contribution in [0.5, 0.6) is 0 Å². The van der Waals surface area contributed by atoms with E-state index < -0.39 is 0 Å². The topological polar surface area (TPSA) is 0 Å². The summed E-state index contributed by atoms with van der Waals surface area (Å²) in [6.07, 6.45) is 0.973. The first kappa shape index (κ1) is 14.9. The van der Waals surface area contributed by atoms with Gasteiger partial charge in [-0.2, -0.15) is 0 Å². The first-order valence-corrected chi connectivity index (χ1v) is 9.41. The van der Waals surface area contributed by atoms with Gasteiger partial charge in [0.15, 0.2) is 14.7 Å². The lowest BCUT2D eigenvalue weighted by atomic mass is 10.0. The van der Waals surface area contributed by atoms with E-state index in [1.165, 1.54) is 36.9 Å². The molecule has 0 spiro atoms. The number of halogens is 1. The van der Waals surface area contributed by atoms with Gasteiger partial charge in [-0.15, -0.1) is 0 Å². The second-order valence-electron chi connectivity index (χ2n) is 6.11. The molecule has 0 N–H and O–H groups in total. The average Bonchev–Trinajstić information content (AvgIpc) is 2.55. The van der Waals surface area contributed by atoms with Crippen LogP contribution in [-0.2, 0) is 17.3 Å². The van der Waals surface area contributed by atoms with Crippen molar-refractivity contribution in [3.05, 3.63) is 87.9 Å². The van der Waals surface area contributed by atoms with E-state index >= 15 is 0 Å². The maximum atomic E-state index is 6.26. The second-order valence-corrected chi connectivity index (χ2v) is 8.48. The molecule has 0 fully saturated rings. The zero-order chi connectivity index (χ0) is 16.0. The van der Waals surface area contributed by atoms with Crippen LogP contribution in [-0.4, -0.2) is 0 Å². The second kappa shape index (κ2) is 5.74. The number of hydrogen-bond acceptors (Lipinski definition) is 0. The van der Waals surface area contributed by atoms with E-state index in [9.17, 15) is 0 Å². The van der Waals surface area contributed by atoms with Crippen molar-refractivity contribution in [1.29, 1.82) is 0 Å². The van der Waals surface area contributed by atoms with Crippen molar-refractivity contribution < 1.29 is 0 Å². The Balaban J connectivity index is 2.00. The molecule has 23 heavy (non-hydrogen) atoms. The van der Waals surface area contributed by atoms with Gasteiger partial charge in [-0.05, 0) is 49.7 Å². The summed E-state index contributed by atoms with van der Waals surface area (Å²) in [6.45, 7) is 4.39. The fourth-order valence-electron chi connectivity index (χ4n) is 3.22. The third-order valence-corrected chi connectivity index (χ3v) is 7.17. The van der Waals surface area contributed by atoms with Crippen LogP contribution in [0.3, 0.4) is 0 Å². The molecule has 0 radical (unpaired) electrons. The highest BCUT2D eigenvalue weighted by Gasteiger charge is 2.38. The van der Waals surface area contributed by atoms with Crippen molar-refractivity contribution in [2.24, 2.45) is 0 Å². The van der Waals surface area contributed by atoms with Gasteiger partial charge in [0.25, 0.3) is 0 Å². The average molecular weight is 338 g/mol. The minimum atomic E-state index is -0.0467. The molecule has 2 heteroatoms. The molecule has 0 aromatic heterocycles. The van der Waals surface area contributed by atoms with Crippen molar-refractivity contribution in [1.82, 2.24) is 0 Å². The predicted octanol–water partition coefficient (Wildman–Crippen LogP) is 5.96. The van der Waals surface area contributed by atoms with Crippen LogP contribution >= 0.6 is 11.6 Å². The molecule has 4 rings (SSSR count). The van der Waals surface area contributed by atoms with Crippen molar-refractivity contribution in [2.75, 3.05) is 0 Å². The monoisotopic (exact) mass is 337 g/mol. The van der Waals surface area contributed by atoms with Gasteiger partial charge in [-0.3, -0.25) is 0 Å². The van der Waals surface area contributed by atoms with Gasteiger partial charge in [0, 0.05) is 28.1 Å². The summed E-state index contributed by atoms with van der Waals surface area (Å²) in [5.74, 6) is 0. The van der Waals surface area contributed by atoms with E-state index in [4.69, 9.17) is 11.6 Å². The molecule has 3 aromatic rings. The fraction of sp³-hybridized carbons (Fsp3) is 0.143. The Kier molecular flexibility index (Phi) is 3.71. The first-order chi connectivity index (χ1) is 11.1. The number of benzene rings is 3. The Morgan fingerprint density at radius 2 is 1.57 bits per heavy atom. The molecule has 0 nitrogen and oxygen atoms in total. The maximum Gasteiger partial charge on any atom is 0.170 e. The van der Waals surface area contributed by atoms with Crippen molar-refractivity contribution >= 4 is 22.5 Å². The normalized spacial score (nSPS) is 15.9. The van der Waals surface area contributed by atoms with Gasteiger partial charge in [-0.1, -0.05) is 41.9 Å². The third kappa shape index (κ3) is 2.58. The zero-order valence-electron chi connectivity index (χ0n) is 13.3. The van der Waals surface area contributed by atoms with Crippen LogP contribution in [0.15, 0.2) is 75.4 Å². The van der Waals surface area contributed by atoms with Gasteiger partial charge in [0.1, 0.15) is 10.9 Å². The molecule has 1 aliphatic rings. The van der Waals surface area contributed by atoms with E-state index in [1.54, 1.807) is 0 Å². The summed E-state index contributed by atoms with van der Waals surface area (Å²) >= 11 is 6.26. The smallest absolute Gasteiger partial charge is 0.0843 e. The zero-order valence-corrected chi connectivity index (χ0v) is 14.8. The highest BCUT2D eigenvalue weighted by Crippen LogP contribution is 2.42. The number of rotatable bonds is 1. The van der Waals surface area contributed by atoms with E-state index in [-0.39, 0.29) is 10.9 Å². The third-order valence-electron chi connectivity index (χ3n) is 4.38. The molecule has 1 aliphatic heterocycles. The van der Waals surface area contributed by atoms with E-state index in [1.807, 2.05) is 6.07 Å². The molecular weight excluding hydrogens is 320 g/mol. The first-order valence-electron chi connectivity index (χ1n) is 7.81.